The lowest BCUT2D eigenvalue weighted by Crippen LogP contribution is -2.35. The Hall–Kier alpha value is -1.72. The number of nitrogens with two attached hydrogens (primary N) is 1. The van der Waals surface area contributed by atoms with Gasteiger partial charge in [-0.1, -0.05) is 55.0 Å². The number of nitrogens with zero attached hydrogens (tertiary/aromatic N) is 1. The fraction of sp³-hybridized carbons (Fsp3) is 0.286. The van der Waals surface area contributed by atoms with E-state index in [2.05, 4.69) is 10.3 Å². The molecule has 2 aromatic rings. The van der Waals surface area contributed by atoms with E-state index in [1.54, 1.807) is 6.20 Å². The van der Waals surface area contributed by atoms with Crippen LogP contribution in [0.2, 0.25) is 0 Å². The van der Waals surface area contributed by atoms with Gasteiger partial charge in [-0.05, 0) is 12.0 Å². The third kappa shape index (κ3) is 3.62. The number of benzene rings is 1. The molecular formula is C14H17N3OS. The quantitative estimate of drug-likeness (QED) is 0.881. The third-order valence-corrected chi connectivity index (χ3v) is 3.69. The molecule has 1 heterocycles. The van der Waals surface area contributed by atoms with Crippen LogP contribution in [0, 0.1) is 0 Å². The van der Waals surface area contributed by atoms with E-state index in [0.717, 1.165) is 16.9 Å². The number of carbonyl (C=O) groups is 1. The average Bonchev–Trinajstić information content (AvgIpc) is 2.88. The Morgan fingerprint density at radius 2 is 2.16 bits per heavy atom. The molecule has 3 N–H and O–H groups in total. The molecule has 4 nitrogen and oxygen atoms in total. The zero-order valence-electron chi connectivity index (χ0n) is 10.8. The summed E-state index contributed by atoms with van der Waals surface area (Å²) in [5.41, 5.74) is 6.85. The van der Waals surface area contributed by atoms with Gasteiger partial charge in [0.2, 0.25) is 5.91 Å². The standard InChI is InChI=1S/C14H17N3OS/c1-2-6-11(15)13(18)17-14-16-9-12(19-14)10-7-4-3-5-8-10/h3-5,7-9,11H,2,6,15H2,1H3,(H,16,17,18). The summed E-state index contributed by atoms with van der Waals surface area (Å²) in [5, 5.41) is 3.35. The summed E-state index contributed by atoms with van der Waals surface area (Å²) in [5.74, 6) is -0.171. The second-order valence-electron chi connectivity index (χ2n) is 4.28. The summed E-state index contributed by atoms with van der Waals surface area (Å²) in [4.78, 5) is 17.0. The van der Waals surface area contributed by atoms with Crippen molar-refractivity contribution in [2.24, 2.45) is 5.73 Å². The van der Waals surface area contributed by atoms with Crippen molar-refractivity contribution in [3.8, 4) is 10.4 Å². The van der Waals surface area contributed by atoms with E-state index in [9.17, 15) is 4.79 Å². The molecule has 0 aliphatic heterocycles. The number of aromatic nitrogens is 1. The molecule has 100 valence electrons. The van der Waals surface area contributed by atoms with Crippen molar-refractivity contribution in [3.63, 3.8) is 0 Å². The number of carbonyl (C=O) groups excluding carboxylic acids is 1. The summed E-state index contributed by atoms with van der Waals surface area (Å²) >= 11 is 1.45. The third-order valence-electron chi connectivity index (χ3n) is 2.73. The zero-order valence-corrected chi connectivity index (χ0v) is 11.6. The van der Waals surface area contributed by atoms with Crippen LogP contribution in [0.15, 0.2) is 36.5 Å². The number of amides is 1. The van der Waals surface area contributed by atoms with Gasteiger partial charge in [0, 0.05) is 6.20 Å². The van der Waals surface area contributed by atoms with Gasteiger partial charge in [-0.3, -0.25) is 4.79 Å². The van der Waals surface area contributed by atoms with E-state index in [-0.39, 0.29) is 5.91 Å². The van der Waals surface area contributed by atoms with Crippen molar-refractivity contribution >= 4 is 22.4 Å². The van der Waals surface area contributed by atoms with Gasteiger partial charge in [-0.25, -0.2) is 4.98 Å². The van der Waals surface area contributed by atoms with Crippen molar-refractivity contribution in [1.29, 1.82) is 0 Å². The maximum Gasteiger partial charge on any atom is 0.243 e. The molecule has 0 saturated heterocycles. The van der Waals surface area contributed by atoms with Crippen LogP contribution in [0.3, 0.4) is 0 Å². The predicted molar refractivity (Wildman–Crippen MR) is 79.1 cm³/mol. The monoisotopic (exact) mass is 275 g/mol. The molecule has 0 saturated carbocycles. The molecule has 1 amide bonds. The van der Waals surface area contributed by atoms with Gasteiger partial charge >= 0.3 is 0 Å². The topological polar surface area (TPSA) is 68.0 Å². The first-order valence-corrected chi connectivity index (χ1v) is 7.10. The summed E-state index contributed by atoms with van der Waals surface area (Å²) in [6, 6.07) is 9.49. The number of nitrogens with one attached hydrogen (secondary N) is 1. The predicted octanol–water partition coefficient (Wildman–Crippen LogP) is 2.88. The lowest BCUT2D eigenvalue weighted by Gasteiger charge is -2.08. The highest BCUT2D eigenvalue weighted by atomic mass is 32.1. The SMILES string of the molecule is CCCC(N)C(=O)Nc1ncc(-c2ccccc2)s1. The molecule has 0 aliphatic carbocycles. The van der Waals surface area contributed by atoms with Crippen LogP contribution in [-0.2, 0) is 4.79 Å². The second kappa shape index (κ2) is 6.45. The maximum absolute atomic E-state index is 11.8. The molecular weight excluding hydrogens is 258 g/mol. The van der Waals surface area contributed by atoms with Crippen molar-refractivity contribution in [3.05, 3.63) is 36.5 Å². The number of hydrogen-bond acceptors (Lipinski definition) is 4. The minimum Gasteiger partial charge on any atom is -0.320 e. The van der Waals surface area contributed by atoms with Crippen molar-refractivity contribution in [1.82, 2.24) is 4.98 Å². The van der Waals surface area contributed by atoms with Gasteiger partial charge in [0.05, 0.1) is 10.9 Å². The number of thiazole rings is 1. The van der Waals surface area contributed by atoms with Crippen LogP contribution in [-0.4, -0.2) is 16.9 Å². The molecule has 1 atom stereocenters. The molecule has 19 heavy (non-hydrogen) atoms. The Kier molecular flexibility index (Phi) is 4.65. The largest absolute Gasteiger partial charge is 0.320 e. The fourth-order valence-corrected chi connectivity index (χ4v) is 2.53. The first-order chi connectivity index (χ1) is 9.20. The summed E-state index contributed by atoms with van der Waals surface area (Å²) < 4.78 is 0. The van der Waals surface area contributed by atoms with Crippen LogP contribution in [0.4, 0.5) is 5.13 Å². The first-order valence-electron chi connectivity index (χ1n) is 6.28. The van der Waals surface area contributed by atoms with E-state index < -0.39 is 6.04 Å². The molecule has 0 fully saturated rings. The molecule has 1 unspecified atom stereocenters. The van der Waals surface area contributed by atoms with E-state index in [1.165, 1.54) is 11.3 Å². The molecule has 0 radical (unpaired) electrons. The van der Waals surface area contributed by atoms with Gasteiger partial charge in [-0.2, -0.15) is 0 Å². The van der Waals surface area contributed by atoms with Crippen molar-refractivity contribution < 1.29 is 4.79 Å². The van der Waals surface area contributed by atoms with Gasteiger partial charge < -0.3 is 11.1 Å². The Morgan fingerprint density at radius 1 is 1.42 bits per heavy atom. The minimum atomic E-state index is -0.464. The molecule has 1 aromatic carbocycles. The maximum atomic E-state index is 11.8. The van der Waals surface area contributed by atoms with E-state index in [0.29, 0.717) is 11.6 Å². The number of rotatable bonds is 5. The fourth-order valence-electron chi connectivity index (χ4n) is 1.71. The van der Waals surface area contributed by atoms with Crippen LogP contribution in [0.1, 0.15) is 19.8 Å². The average molecular weight is 275 g/mol. The van der Waals surface area contributed by atoms with Crippen LogP contribution < -0.4 is 11.1 Å². The molecule has 0 spiro atoms. The summed E-state index contributed by atoms with van der Waals surface area (Å²) in [6.07, 6.45) is 3.34. The Bertz CT molecular complexity index is 539. The smallest absolute Gasteiger partial charge is 0.243 e. The highest BCUT2D eigenvalue weighted by molar-refractivity contribution is 7.19. The Labute approximate surface area is 116 Å². The highest BCUT2D eigenvalue weighted by Gasteiger charge is 2.14. The lowest BCUT2D eigenvalue weighted by molar-refractivity contribution is -0.117. The molecule has 1 aromatic heterocycles. The van der Waals surface area contributed by atoms with E-state index in [1.807, 2.05) is 37.3 Å². The van der Waals surface area contributed by atoms with Gasteiger partial charge in [0.1, 0.15) is 0 Å². The van der Waals surface area contributed by atoms with Crippen molar-refractivity contribution in [2.45, 2.75) is 25.8 Å². The van der Waals surface area contributed by atoms with Gasteiger partial charge in [0.25, 0.3) is 0 Å². The first kappa shape index (κ1) is 13.7. The number of hydrogen-bond donors (Lipinski definition) is 2. The van der Waals surface area contributed by atoms with Crippen molar-refractivity contribution in [2.75, 3.05) is 5.32 Å². The Morgan fingerprint density at radius 3 is 2.84 bits per heavy atom. The van der Waals surface area contributed by atoms with Crippen LogP contribution >= 0.6 is 11.3 Å². The lowest BCUT2D eigenvalue weighted by atomic mass is 10.2. The Balaban J connectivity index is 2.04. The van der Waals surface area contributed by atoms with E-state index in [4.69, 9.17) is 5.73 Å². The molecule has 2 rings (SSSR count). The molecule has 0 aliphatic rings. The highest BCUT2D eigenvalue weighted by Crippen LogP contribution is 2.28. The normalized spacial score (nSPS) is 12.1. The molecule has 5 heteroatoms. The molecule has 0 bridgehead atoms. The minimum absolute atomic E-state index is 0.171. The van der Waals surface area contributed by atoms with E-state index >= 15 is 0 Å². The summed E-state index contributed by atoms with van der Waals surface area (Å²) in [7, 11) is 0. The van der Waals surface area contributed by atoms with Crippen LogP contribution in [0.25, 0.3) is 10.4 Å². The second-order valence-corrected chi connectivity index (χ2v) is 5.31. The summed E-state index contributed by atoms with van der Waals surface area (Å²) in [6.45, 7) is 2.00. The number of anilines is 1. The van der Waals surface area contributed by atoms with Crippen LogP contribution in [0.5, 0.6) is 0 Å². The van der Waals surface area contributed by atoms with Gasteiger partial charge in [-0.15, -0.1) is 0 Å². The zero-order chi connectivity index (χ0) is 13.7. The van der Waals surface area contributed by atoms with Gasteiger partial charge in [0.15, 0.2) is 5.13 Å².